The molecule has 230 valence electrons. The van der Waals surface area contributed by atoms with E-state index in [1.165, 1.54) is 32.0 Å². The topological polar surface area (TPSA) is 0 Å². The molecule has 0 saturated carbocycles. The van der Waals surface area contributed by atoms with Crippen LogP contribution in [0.25, 0.3) is 19.6 Å². The Bertz CT molecular complexity index is 1440. The van der Waals surface area contributed by atoms with Gasteiger partial charge >= 0.3 is 0 Å². The largest absolute Gasteiger partial charge is 0.781 e. The van der Waals surface area contributed by atoms with Gasteiger partial charge in [-0.2, -0.15) is 19.6 Å². The molecule has 0 atom stereocenters. The second-order valence-electron chi connectivity index (χ2n) is 9.82. The van der Waals surface area contributed by atoms with E-state index in [-0.39, 0.29) is 16.5 Å². The van der Waals surface area contributed by atoms with Crippen LogP contribution in [0.2, 0.25) is 0 Å². The van der Waals surface area contributed by atoms with Crippen LogP contribution in [0.3, 0.4) is 0 Å². The molecule has 0 fully saturated rings. The molecular formula is C36H36NiS6-4. The summed E-state index contributed by atoms with van der Waals surface area (Å²) in [6, 6.07) is 28.8. The minimum atomic E-state index is 0. The molecule has 0 saturated heterocycles. The van der Waals surface area contributed by atoms with Crippen molar-refractivity contribution in [3.05, 3.63) is 129 Å². The summed E-state index contributed by atoms with van der Waals surface area (Å²) < 4.78 is 0. The molecule has 4 rings (SSSR count). The van der Waals surface area contributed by atoms with Gasteiger partial charge in [0, 0.05) is 26.3 Å². The van der Waals surface area contributed by atoms with E-state index in [2.05, 4.69) is 65.8 Å². The average molecular weight is 720 g/mol. The number of hydrogen-bond acceptors (Lipinski definition) is 6. The fraction of sp³-hybridized carbons (Fsp3) is 0.222. The Morgan fingerprint density at radius 1 is 0.512 bits per heavy atom. The first kappa shape index (κ1) is 37.6. The molecule has 0 unspecified atom stereocenters. The maximum absolute atomic E-state index is 5.70. The summed E-state index contributed by atoms with van der Waals surface area (Å²) >= 11 is 26.3. The Labute approximate surface area is 300 Å². The maximum atomic E-state index is 5.70. The van der Waals surface area contributed by atoms with Crippen molar-refractivity contribution in [3.8, 4) is 0 Å². The molecule has 0 radical (unpaired) electrons. The van der Waals surface area contributed by atoms with E-state index in [0.717, 1.165) is 53.4 Å². The van der Waals surface area contributed by atoms with Crippen LogP contribution in [-0.2, 0) is 67.0 Å². The minimum absolute atomic E-state index is 0. The summed E-state index contributed by atoms with van der Waals surface area (Å²) in [5.74, 6) is 2.05. The van der Waals surface area contributed by atoms with Crippen molar-refractivity contribution >= 4 is 93.7 Å². The Morgan fingerprint density at radius 2 is 0.837 bits per heavy atom. The van der Waals surface area contributed by atoms with E-state index in [4.69, 9.17) is 50.5 Å². The zero-order chi connectivity index (χ0) is 30.8. The molecule has 0 amide bonds. The second-order valence-corrected chi connectivity index (χ2v) is 14.1. The summed E-state index contributed by atoms with van der Waals surface area (Å²) in [4.78, 5) is 5.55. The third-order valence-corrected chi connectivity index (χ3v) is 10.2. The van der Waals surface area contributed by atoms with Crippen LogP contribution < -0.4 is 0 Å². The molecule has 4 aromatic rings. The molecule has 7 heteroatoms. The predicted molar refractivity (Wildman–Crippen MR) is 201 cm³/mol. The monoisotopic (exact) mass is 718 g/mol. The molecule has 4 aromatic carbocycles. The molecule has 0 bridgehead atoms. The normalized spacial score (nSPS) is 11.9. The zero-order valence-electron chi connectivity index (χ0n) is 25.3. The van der Waals surface area contributed by atoms with Gasteiger partial charge in [-0.05, 0) is 95.8 Å². The average Bonchev–Trinajstić information content (AvgIpc) is 2.97. The van der Waals surface area contributed by atoms with Crippen molar-refractivity contribution in [2.45, 2.75) is 51.3 Å². The Balaban J connectivity index is 0.000000293. The van der Waals surface area contributed by atoms with E-state index in [9.17, 15) is 0 Å². The molecule has 0 aliphatic heterocycles. The van der Waals surface area contributed by atoms with Crippen LogP contribution in [-0.4, -0.2) is 11.5 Å². The second kappa shape index (κ2) is 18.4. The van der Waals surface area contributed by atoms with Gasteiger partial charge in [0.05, 0.1) is 0 Å². The first-order valence-electron chi connectivity index (χ1n) is 13.8. The van der Waals surface area contributed by atoms with E-state index in [1.54, 1.807) is 0 Å². The summed E-state index contributed by atoms with van der Waals surface area (Å²) in [5, 5.41) is 0. The van der Waals surface area contributed by atoms with E-state index < -0.39 is 0 Å². The van der Waals surface area contributed by atoms with Crippen molar-refractivity contribution in [1.82, 2.24) is 0 Å². The molecule has 0 aliphatic carbocycles. The summed E-state index contributed by atoms with van der Waals surface area (Å²) in [6.07, 6.45) is 0. The molecule has 0 aliphatic rings. The van der Waals surface area contributed by atoms with Crippen LogP contribution >= 0.6 is 23.5 Å². The Hall–Kier alpha value is -1.57. The van der Waals surface area contributed by atoms with Gasteiger partial charge in [-0.1, -0.05) is 86.6 Å². The molecule has 0 aromatic heterocycles. The SMILES string of the molecule is CCSc1cc(C)cc(C)c1/C([S-])=C(/[S-])c1ccccc1.CCSc1cc(C)cc(C)c1/C([S-])=C(/[S-])c1ccccc1.[Ni]. The zero-order valence-corrected chi connectivity index (χ0v) is 31.1. The number of benzene rings is 4. The summed E-state index contributed by atoms with van der Waals surface area (Å²) in [6.45, 7) is 12.8. The quantitative estimate of drug-likeness (QED) is 0.0764. The molecule has 0 spiro atoms. The number of aryl methyl sites for hydroxylation is 4. The van der Waals surface area contributed by atoms with Crippen LogP contribution in [0, 0.1) is 27.7 Å². The van der Waals surface area contributed by atoms with Crippen molar-refractivity contribution in [3.63, 3.8) is 0 Å². The number of thioether (sulfide) groups is 2. The van der Waals surface area contributed by atoms with Crippen molar-refractivity contribution in [2.24, 2.45) is 0 Å². The Kier molecular flexibility index (Phi) is 16.1. The van der Waals surface area contributed by atoms with Crippen LogP contribution in [0.1, 0.15) is 58.4 Å². The van der Waals surface area contributed by atoms with Gasteiger partial charge in [-0.3, -0.25) is 0 Å². The van der Waals surface area contributed by atoms with Crippen LogP contribution in [0.15, 0.2) is 94.7 Å². The van der Waals surface area contributed by atoms with Gasteiger partial charge in [0.15, 0.2) is 0 Å². The fourth-order valence-corrected chi connectivity index (χ4v) is 8.00. The fourth-order valence-electron chi connectivity index (χ4n) is 4.65. The molecule has 0 nitrogen and oxygen atoms in total. The van der Waals surface area contributed by atoms with Gasteiger partial charge in [-0.25, -0.2) is 0 Å². The molecular weight excluding hydrogens is 683 g/mol. The Morgan fingerprint density at radius 3 is 1.14 bits per heavy atom. The number of rotatable bonds is 8. The van der Waals surface area contributed by atoms with Gasteiger partial charge in [0.1, 0.15) is 0 Å². The van der Waals surface area contributed by atoms with E-state index in [1.807, 2.05) is 84.2 Å². The first-order valence-corrected chi connectivity index (χ1v) is 17.5. The smallest absolute Gasteiger partial charge is 0.0134 e. The van der Waals surface area contributed by atoms with Crippen LogP contribution in [0.5, 0.6) is 0 Å². The van der Waals surface area contributed by atoms with Crippen molar-refractivity contribution in [2.75, 3.05) is 11.5 Å². The first-order chi connectivity index (χ1) is 20.1. The maximum Gasteiger partial charge on any atom is 0.0134 e. The van der Waals surface area contributed by atoms with Gasteiger partial charge in [0.25, 0.3) is 0 Å². The number of hydrogen-bond donors (Lipinski definition) is 0. The molecule has 0 N–H and O–H groups in total. The summed E-state index contributed by atoms with van der Waals surface area (Å²) in [5.41, 5.74) is 9.21. The third-order valence-electron chi connectivity index (χ3n) is 6.43. The molecule has 0 heterocycles. The van der Waals surface area contributed by atoms with E-state index >= 15 is 0 Å². The van der Waals surface area contributed by atoms with Gasteiger partial charge < -0.3 is 50.5 Å². The third kappa shape index (κ3) is 10.2. The minimum Gasteiger partial charge on any atom is -0.781 e. The standard InChI is InChI=1S/2C18H20S3.Ni/c2*1-4-21-15-11-12(2)10-13(3)16(15)18(20)17(19)14-8-6-5-7-9-14;/h2*5-11,19-20H,4H2,1-3H3;/p-4/b2*18-17-;. The molecule has 43 heavy (non-hydrogen) atoms. The van der Waals surface area contributed by atoms with Gasteiger partial charge in [0.2, 0.25) is 0 Å². The van der Waals surface area contributed by atoms with Crippen molar-refractivity contribution < 1.29 is 16.5 Å². The summed E-state index contributed by atoms with van der Waals surface area (Å²) in [7, 11) is 0. The van der Waals surface area contributed by atoms with E-state index in [0.29, 0.717) is 0 Å². The van der Waals surface area contributed by atoms with Crippen molar-refractivity contribution in [1.29, 1.82) is 0 Å². The predicted octanol–water partition coefficient (Wildman–Crippen LogP) is 10.7. The van der Waals surface area contributed by atoms with Gasteiger partial charge in [-0.15, -0.1) is 23.5 Å². The van der Waals surface area contributed by atoms with Crippen LogP contribution in [0.4, 0.5) is 0 Å².